The molecule has 0 saturated carbocycles. The molecular weight excluding hydrogens is 268 g/mol. The Bertz CT molecular complexity index is 528. The van der Waals surface area contributed by atoms with Gasteiger partial charge < -0.3 is 15.3 Å². The van der Waals surface area contributed by atoms with Crippen molar-refractivity contribution in [3.8, 4) is 0 Å². The van der Waals surface area contributed by atoms with E-state index in [-0.39, 0.29) is 17.9 Å². The molecule has 1 aliphatic rings. The maximum atomic E-state index is 12.6. The average Bonchev–Trinajstić information content (AvgIpc) is 2.84. The Balaban J connectivity index is 2.13. The molecule has 2 N–H and O–H groups in total. The van der Waals surface area contributed by atoms with Crippen molar-refractivity contribution in [2.75, 3.05) is 11.9 Å². The molecule has 2 atom stereocenters. The van der Waals surface area contributed by atoms with E-state index < -0.39 is 6.10 Å². The molecule has 1 heterocycles. The Morgan fingerprint density at radius 2 is 2.24 bits per heavy atom. The normalized spacial score (nSPS) is 19.4. The van der Waals surface area contributed by atoms with Crippen molar-refractivity contribution in [1.82, 2.24) is 4.90 Å². The van der Waals surface area contributed by atoms with Gasteiger partial charge in [0.1, 0.15) is 0 Å². The first-order valence-corrected chi connectivity index (χ1v) is 7.34. The van der Waals surface area contributed by atoms with Crippen LogP contribution >= 0.6 is 0 Å². The number of aliphatic hydroxyl groups excluding tert-OH is 1. The van der Waals surface area contributed by atoms with Crippen LogP contribution in [-0.4, -0.2) is 40.5 Å². The SMILES string of the molecule is CC(=O)Nc1cccc(C(=O)N2CCCC2CC(C)O)c1. The molecule has 2 amide bonds. The van der Waals surface area contributed by atoms with Gasteiger partial charge in [-0.05, 0) is 44.4 Å². The fourth-order valence-corrected chi connectivity index (χ4v) is 2.84. The highest BCUT2D eigenvalue weighted by Gasteiger charge is 2.30. The van der Waals surface area contributed by atoms with Crippen LogP contribution in [0.25, 0.3) is 0 Å². The van der Waals surface area contributed by atoms with Crippen molar-refractivity contribution in [3.05, 3.63) is 29.8 Å². The summed E-state index contributed by atoms with van der Waals surface area (Å²) in [6.45, 7) is 3.91. The Morgan fingerprint density at radius 1 is 1.48 bits per heavy atom. The molecule has 1 fully saturated rings. The Kier molecular flexibility index (Phi) is 4.96. The largest absolute Gasteiger partial charge is 0.393 e. The van der Waals surface area contributed by atoms with Crippen LogP contribution < -0.4 is 5.32 Å². The molecule has 1 aromatic rings. The van der Waals surface area contributed by atoms with Gasteiger partial charge in [0.15, 0.2) is 0 Å². The third kappa shape index (κ3) is 4.04. The number of carbonyl (C=O) groups excluding carboxylic acids is 2. The molecule has 0 aliphatic carbocycles. The topological polar surface area (TPSA) is 69.6 Å². The molecule has 0 spiro atoms. The van der Waals surface area contributed by atoms with Gasteiger partial charge in [0.05, 0.1) is 6.10 Å². The fourth-order valence-electron chi connectivity index (χ4n) is 2.84. The zero-order chi connectivity index (χ0) is 15.4. The highest BCUT2D eigenvalue weighted by molar-refractivity contribution is 5.97. The number of likely N-dealkylation sites (tertiary alicyclic amines) is 1. The summed E-state index contributed by atoms with van der Waals surface area (Å²) >= 11 is 0. The molecule has 5 heteroatoms. The first kappa shape index (κ1) is 15.5. The summed E-state index contributed by atoms with van der Waals surface area (Å²) in [6, 6.07) is 7.07. The number of anilines is 1. The van der Waals surface area contributed by atoms with E-state index in [2.05, 4.69) is 5.32 Å². The quantitative estimate of drug-likeness (QED) is 0.891. The molecule has 2 unspecified atom stereocenters. The van der Waals surface area contributed by atoms with E-state index in [1.807, 2.05) is 4.90 Å². The van der Waals surface area contributed by atoms with Crippen LogP contribution in [0.1, 0.15) is 43.5 Å². The molecule has 1 saturated heterocycles. The number of nitrogens with one attached hydrogen (secondary N) is 1. The van der Waals surface area contributed by atoms with Crippen LogP contribution in [0.5, 0.6) is 0 Å². The molecular formula is C16H22N2O3. The third-order valence-electron chi connectivity index (χ3n) is 3.68. The van der Waals surface area contributed by atoms with Crippen LogP contribution in [0.4, 0.5) is 5.69 Å². The van der Waals surface area contributed by atoms with Crippen LogP contribution in [0.15, 0.2) is 24.3 Å². The van der Waals surface area contributed by atoms with Gasteiger partial charge in [-0.25, -0.2) is 0 Å². The van der Waals surface area contributed by atoms with E-state index in [4.69, 9.17) is 0 Å². The number of hydrogen-bond acceptors (Lipinski definition) is 3. The van der Waals surface area contributed by atoms with E-state index in [9.17, 15) is 14.7 Å². The monoisotopic (exact) mass is 290 g/mol. The molecule has 1 aliphatic heterocycles. The predicted molar refractivity (Wildman–Crippen MR) is 81.1 cm³/mol. The van der Waals surface area contributed by atoms with E-state index >= 15 is 0 Å². The van der Waals surface area contributed by atoms with Gasteiger partial charge in [0, 0.05) is 30.8 Å². The van der Waals surface area contributed by atoms with Crippen molar-refractivity contribution >= 4 is 17.5 Å². The number of rotatable bonds is 4. The Hall–Kier alpha value is -1.88. The first-order chi connectivity index (χ1) is 9.97. The smallest absolute Gasteiger partial charge is 0.254 e. The number of amides is 2. The lowest BCUT2D eigenvalue weighted by atomic mass is 10.1. The first-order valence-electron chi connectivity index (χ1n) is 7.34. The summed E-state index contributed by atoms with van der Waals surface area (Å²) in [5, 5.41) is 12.2. The summed E-state index contributed by atoms with van der Waals surface area (Å²) in [5.41, 5.74) is 1.19. The molecule has 2 rings (SSSR count). The fraction of sp³-hybridized carbons (Fsp3) is 0.500. The van der Waals surface area contributed by atoms with Gasteiger partial charge >= 0.3 is 0 Å². The molecule has 1 aromatic carbocycles. The van der Waals surface area contributed by atoms with Gasteiger partial charge in [-0.15, -0.1) is 0 Å². The third-order valence-corrected chi connectivity index (χ3v) is 3.68. The van der Waals surface area contributed by atoms with Gasteiger partial charge in [-0.1, -0.05) is 6.07 Å². The van der Waals surface area contributed by atoms with Gasteiger partial charge in [-0.3, -0.25) is 9.59 Å². The van der Waals surface area contributed by atoms with Crippen molar-refractivity contribution in [3.63, 3.8) is 0 Å². The minimum atomic E-state index is -0.408. The highest BCUT2D eigenvalue weighted by atomic mass is 16.3. The van der Waals surface area contributed by atoms with Crippen LogP contribution in [0, 0.1) is 0 Å². The maximum Gasteiger partial charge on any atom is 0.254 e. The molecule has 0 aromatic heterocycles. The number of carbonyl (C=O) groups is 2. The van der Waals surface area contributed by atoms with Crippen molar-refractivity contribution < 1.29 is 14.7 Å². The van der Waals surface area contributed by atoms with E-state index in [0.717, 1.165) is 19.4 Å². The van der Waals surface area contributed by atoms with Gasteiger partial charge in [0.2, 0.25) is 5.91 Å². The minimum Gasteiger partial charge on any atom is -0.393 e. The van der Waals surface area contributed by atoms with Crippen molar-refractivity contribution in [2.45, 2.75) is 45.3 Å². The number of hydrogen-bond donors (Lipinski definition) is 2. The zero-order valence-electron chi connectivity index (χ0n) is 12.5. The summed E-state index contributed by atoms with van der Waals surface area (Å²) in [5.74, 6) is -0.196. The Morgan fingerprint density at radius 3 is 2.90 bits per heavy atom. The van der Waals surface area contributed by atoms with Gasteiger partial charge in [0.25, 0.3) is 5.91 Å². The standard InChI is InChI=1S/C16H22N2O3/c1-11(19)9-15-7-4-8-18(15)16(21)13-5-3-6-14(10-13)17-12(2)20/h3,5-6,10-11,15,19H,4,7-9H2,1-2H3,(H,17,20). The summed E-state index contributed by atoms with van der Waals surface area (Å²) in [6.07, 6.45) is 2.10. The lowest BCUT2D eigenvalue weighted by Crippen LogP contribution is -2.37. The summed E-state index contributed by atoms with van der Waals surface area (Å²) in [4.78, 5) is 25.5. The van der Waals surface area contributed by atoms with Gasteiger partial charge in [-0.2, -0.15) is 0 Å². The van der Waals surface area contributed by atoms with E-state index in [1.54, 1.807) is 31.2 Å². The van der Waals surface area contributed by atoms with Crippen LogP contribution in [0.2, 0.25) is 0 Å². The molecule has 0 radical (unpaired) electrons. The minimum absolute atomic E-state index is 0.0367. The molecule has 0 bridgehead atoms. The zero-order valence-corrected chi connectivity index (χ0v) is 12.5. The molecule has 5 nitrogen and oxygen atoms in total. The second-order valence-electron chi connectivity index (χ2n) is 5.64. The Labute approximate surface area is 125 Å². The van der Waals surface area contributed by atoms with Crippen LogP contribution in [-0.2, 0) is 4.79 Å². The molecule has 114 valence electrons. The van der Waals surface area contributed by atoms with Crippen molar-refractivity contribution in [1.29, 1.82) is 0 Å². The number of aliphatic hydroxyl groups is 1. The van der Waals surface area contributed by atoms with Crippen molar-refractivity contribution in [2.24, 2.45) is 0 Å². The summed E-state index contributed by atoms with van der Waals surface area (Å²) < 4.78 is 0. The average molecular weight is 290 g/mol. The predicted octanol–water partition coefficient (Wildman–Crippen LogP) is 2.02. The highest BCUT2D eigenvalue weighted by Crippen LogP contribution is 2.24. The lowest BCUT2D eigenvalue weighted by Gasteiger charge is -2.26. The summed E-state index contributed by atoms with van der Waals surface area (Å²) in [7, 11) is 0. The maximum absolute atomic E-state index is 12.6. The second-order valence-corrected chi connectivity index (χ2v) is 5.64. The van der Waals surface area contributed by atoms with E-state index in [1.165, 1.54) is 6.92 Å². The number of nitrogens with zero attached hydrogens (tertiary/aromatic N) is 1. The lowest BCUT2D eigenvalue weighted by molar-refractivity contribution is -0.114. The van der Waals surface area contributed by atoms with Crippen LogP contribution in [0.3, 0.4) is 0 Å². The van der Waals surface area contributed by atoms with E-state index in [0.29, 0.717) is 17.7 Å². The molecule has 21 heavy (non-hydrogen) atoms. The second kappa shape index (κ2) is 6.72. The number of benzene rings is 1.